The van der Waals surface area contributed by atoms with E-state index in [1.807, 2.05) is 51.1 Å². The number of carbonyl (C=O) groups excluding carboxylic acids is 1. The molecule has 0 saturated carbocycles. The summed E-state index contributed by atoms with van der Waals surface area (Å²) >= 11 is 0. The highest BCUT2D eigenvalue weighted by atomic mass is 32.2. The molecule has 0 aliphatic rings. The van der Waals surface area contributed by atoms with Crippen molar-refractivity contribution in [3.8, 4) is 0 Å². The van der Waals surface area contributed by atoms with Crippen LogP contribution < -0.4 is 10.0 Å². The van der Waals surface area contributed by atoms with E-state index in [9.17, 15) is 13.2 Å². The molecule has 1 amide bonds. The summed E-state index contributed by atoms with van der Waals surface area (Å²) < 4.78 is 27.2. The summed E-state index contributed by atoms with van der Waals surface area (Å²) in [4.78, 5) is 12.2. The Labute approximate surface area is 143 Å². The zero-order valence-electron chi connectivity index (χ0n) is 14.0. The molecule has 0 aliphatic carbocycles. The van der Waals surface area contributed by atoms with E-state index in [-0.39, 0.29) is 22.9 Å². The molecule has 24 heavy (non-hydrogen) atoms. The van der Waals surface area contributed by atoms with Crippen LogP contribution in [0.25, 0.3) is 0 Å². The third kappa shape index (κ3) is 5.18. The van der Waals surface area contributed by atoms with E-state index in [0.29, 0.717) is 5.56 Å². The van der Waals surface area contributed by atoms with E-state index in [1.54, 1.807) is 0 Å². The van der Waals surface area contributed by atoms with Crippen molar-refractivity contribution in [1.29, 1.82) is 0 Å². The molecule has 128 valence electrons. The maximum absolute atomic E-state index is 12.3. The Kier molecular flexibility index (Phi) is 5.41. The first-order chi connectivity index (χ1) is 11.2. The molecule has 0 atom stereocenters. The van der Waals surface area contributed by atoms with Gasteiger partial charge in [-0.25, -0.2) is 13.1 Å². The van der Waals surface area contributed by atoms with Crippen LogP contribution in [-0.2, 0) is 16.6 Å². The molecule has 2 aromatic carbocycles. The van der Waals surface area contributed by atoms with Crippen molar-refractivity contribution in [3.05, 3.63) is 65.7 Å². The Morgan fingerprint density at radius 3 is 2.08 bits per heavy atom. The van der Waals surface area contributed by atoms with Crippen LogP contribution >= 0.6 is 0 Å². The lowest BCUT2D eigenvalue weighted by Gasteiger charge is -2.20. The highest BCUT2D eigenvalue weighted by molar-refractivity contribution is 7.89. The van der Waals surface area contributed by atoms with Gasteiger partial charge in [-0.15, -0.1) is 0 Å². The molecule has 2 rings (SSSR count). The van der Waals surface area contributed by atoms with Crippen LogP contribution in [0, 0.1) is 0 Å². The third-order valence-electron chi connectivity index (χ3n) is 3.22. The van der Waals surface area contributed by atoms with Crippen LogP contribution in [0.15, 0.2) is 59.5 Å². The minimum Gasteiger partial charge on any atom is -0.347 e. The molecule has 0 saturated heterocycles. The van der Waals surface area contributed by atoms with Gasteiger partial charge in [0.25, 0.3) is 5.91 Å². The van der Waals surface area contributed by atoms with E-state index >= 15 is 0 Å². The minimum atomic E-state index is -3.62. The molecule has 0 heterocycles. The monoisotopic (exact) mass is 346 g/mol. The Hall–Kier alpha value is -2.18. The van der Waals surface area contributed by atoms with Crippen LogP contribution in [0.3, 0.4) is 0 Å². The number of benzene rings is 2. The average molecular weight is 346 g/mol. The lowest BCUT2D eigenvalue weighted by Crippen LogP contribution is -2.40. The lowest BCUT2D eigenvalue weighted by atomic mass is 10.1. The van der Waals surface area contributed by atoms with Crippen molar-refractivity contribution in [2.75, 3.05) is 0 Å². The van der Waals surface area contributed by atoms with Gasteiger partial charge in [-0.05, 0) is 50.6 Å². The van der Waals surface area contributed by atoms with Crippen molar-refractivity contribution >= 4 is 15.9 Å². The predicted octanol–water partition coefficient (Wildman–Crippen LogP) is 2.69. The molecule has 0 unspecified atom stereocenters. The highest BCUT2D eigenvalue weighted by Crippen LogP contribution is 2.12. The van der Waals surface area contributed by atoms with Crippen molar-refractivity contribution in [3.63, 3.8) is 0 Å². The number of hydrogen-bond acceptors (Lipinski definition) is 3. The van der Waals surface area contributed by atoms with E-state index in [2.05, 4.69) is 10.0 Å². The summed E-state index contributed by atoms with van der Waals surface area (Å²) in [6.07, 6.45) is 0. The summed E-state index contributed by atoms with van der Waals surface area (Å²) in [5.74, 6) is -0.233. The maximum atomic E-state index is 12.3. The molecular weight excluding hydrogens is 324 g/mol. The number of amides is 1. The topological polar surface area (TPSA) is 75.3 Å². The smallest absolute Gasteiger partial charge is 0.251 e. The normalized spacial score (nSPS) is 12.0. The second-order valence-electron chi connectivity index (χ2n) is 6.54. The summed E-state index contributed by atoms with van der Waals surface area (Å²) in [6, 6.07) is 15.2. The zero-order valence-corrected chi connectivity index (χ0v) is 14.9. The van der Waals surface area contributed by atoms with Gasteiger partial charge < -0.3 is 5.32 Å². The lowest BCUT2D eigenvalue weighted by molar-refractivity contribution is 0.0919. The van der Waals surface area contributed by atoms with E-state index in [1.165, 1.54) is 24.3 Å². The molecule has 6 heteroatoms. The Balaban J connectivity index is 2.07. The first-order valence-corrected chi connectivity index (χ1v) is 9.12. The van der Waals surface area contributed by atoms with Gasteiger partial charge in [0.1, 0.15) is 0 Å². The SMILES string of the molecule is CC(C)(C)NC(=O)c1ccc(S(=O)(=O)NCc2ccccc2)cc1. The van der Waals surface area contributed by atoms with Crippen LogP contribution in [-0.4, -0.2) is 19.9 Å². The number of hydrogen-bond donors (Lipinski definition) is 2. The molecule has 2 aromatic rings. The molecular formula is C18H22N2O3S. The Morgan fingerprint density at radius 1 is 0.958 bits per heavy atom. The highest BCUT2D eigenvalue weighted by Gasteiger charge is 2.17. The minimum absolute atomic E-state index is 0.130. The van der Waals surface area contributed by atoms with Crippen LogP contribution in [0.5, 0.6) is 0 Å². The van der Waals surface area contributed by atoms with Crippen molar-refractivity contribution < 1.29 is 13.2 Å². The van der Waals surface area contributed by atoms with Gasteiger partial charge in [-0.2, -0.15) is 0 Å². The van der Waals surface area contributed by atoms with E-state index < -0.39 is 10.0 Å². The second-order valence-corrected chi connectivity index (χ2v) is 8.31. The Morgan fingerprint density at radius 2 is 1.54 bits per heavy atom. The van der Waals surface area contributed by atoms with Crippen molar-refractivity contribution in [2.45, 2.75) is 37.8 Å². The van der Waals surface area contributed by atoms with E-state index in [0.717, 1.165) is 5.56 Å². The number of nitrogens with one attached hydrogen (secondary N) is 2. The molecule has 0 fully saturated rings. The fraction of sp³-hybridized carbons (Fsp3) is 0.278. The van der Waals surface area contributed by atoms with Crippen LogP contribution in [0.1, 0.15) is 36.7 Å². The van der Waals surface area contributed by atoms with E-state index in [4.69, 9.17) is 0 Å². The summed E-state index contributed by atoms with van der Waals surface area (Å²) in [5, 5.41) is 2.84. The molecule has 0 bridgehead atoms. The van der Waals surface area contributed by atoms with Gasteiger partial charge in [0.15, 0.2) is 0 Å². The first kappa shape index (κ1) is 18.2. The average Bonchev–Trinajstić information content (AvgIpc) is 2.53. The van der Waals surface area contributed by atoms with Gasteiger partial charge in [-0.3, -0.25) is 4.79 Å². The van der Waals surface area contributed by atoms with Gasteiger partial charge in [0, 0.05) is 17.6 Å². The van der Waals surface area contributed by atoms with Gasteiger partial charge in [0.05, 0.1) is 4.90 Å². The van der Waals surface area contributed by atoms with Crippen LogP contribution in [0.4, 0.5) is 0 Å². The van der Waals surface area contributed by atoms with Gasteiger partial charge in [0.2, 0.25) is 10.0 Å². The van der Waals surface area contributed by atoms with Gasteiger partial charge >= 0.3 is 0 Å². The third-order valence-corrected chi connectivity index (χ3v) is 4.64. The quantitative estimate of drug-likeness (QED) is 0.874. The zero-order chi connectivity index (χ0) is 17.8. The number of sulfonamides is 1. The Bertz CT molecular complexity index is 792. The standard InChI is InChI=1S/C18H22N2O3S/c1-18(2,3)20-17(21)15-9-11-16(12-10-15)24(22,23)19-13-14-7-5-4-6-8-14/h4-12,19H,13H2,1-3H3,(H,20,21). The largest absolute Gasteiger partial charge is 0.347 e. The first-order valence-electron chi connectivity index (χ1n) is 7.63. The fourth-order valence-electron chi connectivity index (χ4n) is 2.06. The fourth-order valence-corrected chi connectivity index (χ4v) is 3.07. The molecule has 2 N–H and O–H groups in total. The molecule has 0 aliphatic heterocycles. The van der Waals surface area contributed by atoms with Crippen molar-refractivity contribution in [2.24, 2.45) is 0 Å². The predicted molar refractivity (Wildman–Crippen MR) is 94.1 cm³/mol. The molecule has 0 spiro atoms. The second kappa shape index (κ2) is 7.15. The number of rotatable bonds is 5. The molecule has 5 nitrogen and oxygen atoms in total. The summed E-state index contributed by atoms with van der Waals surface area (Å²) in [6.45, 7) is 5.88. The van der Waals surface area contributed by atoms with Crippen LogP contribution in [0.2, 0.25) is 0 Å². The number of carbonyl (C=O) groups is 1. The molecule has 0 aromatic heterocycles. The van der Waals surface area contributed by atoms with Gasteiger partial charge in [-0.1, -0.05) is 30.3 Å². The molecule has 0 radical (unpaired) electrons. The summed E-state index contributed by atoms with van der Waals surface area (Å²) in [7, 11) is -3.62. The summed E-state index contributed by atoms with van der Waals surface area (Å²) in [5.41, 5.74) is 0.952. The maximum Gasteiger partial charge on any atom is 0.251 e. The van der Waals surface area contributed by atoms with Crippen molar-refractivity contribution in [1.82, 2.24) is 10.0 Å².